The topological polar surface area (TPSA) is 86.0 Å². The third-order valence-electron chi connectivity index (χ3n) is 3.72. The van der Waals surface area contributed by atoms with Gasteiger partial charge in [0.05, 0.1) is 24.0 Å². The number of nitrogens with zero attached hydrogens (tertiary/aromatic N) is 2. The Labute approximate surface area is 125 Å². The van der Waals surface area contributed by atoms with Crippen molar-refractivity contribution in [2.75, 3.05) is 6.61 Å². The van der Waals surface area contributed by atoms with E-state index in [1.807, 2.05) is 24.3 Å². The van der Waals surface area contributed by atoms with Crippen molar-refractivity contribution in [1.82, 2.24) is 9.55 Å². The second-order valence-corrected chi connectivity index (χ2v) is 7.82. The van der Waals surface area contributed by atoms with E-state index in [1.54, 1.807) is 10.9 Å². The number of benzene rings is 1. The molecule has 2 aromatic rings. The molecule has 0 radical (unpaired) electrons. The second kappa shape index (κ2) is 4.82. The van der Waals surface area contributed by atoms with Gasteiger partial charge in [0.25, 0.3) is 0 Å². The van der Waals surface area contributed by atoms with Crippen LogP contribution in [0.15, 0.2) is 30.6 Å². The lowest BCUT2D eigenvalue weighted by molar-refractivity contribution is -0.0591. The summed E-state index contributed by atoms with van der Waals surface area (Å²) in [6.45, 7) is -3.17. The maximum atomic E-state index is 10.5. The van der Waals surface area contributed by atoms with Crippen LogP contribution in [0.3, 0.4) is 0 Å². The Kier molecular flexibility index (Phi) is 3.16. The van der Waals surface area contributed by atoms with E-state index in [1.165, 1.54) is 0 Å². The molecular formula is C12H13N2O5PS. The fourth-order valence-corrected chi connectivity index (χ4v) is 4.19. The zero-order valence-corrected chi connectivity index (χ0v) is 12.5. The molecule has 3 heterocycles. The summed E-state index contributed by atoms with van der Waals surface area (Å²) < 4.78 is 17.9. The van der Waals surface area contributed by atoms with Gasteiger partial charge in [-0.2, -0.15) is 0 Å². The molecule has 7 nitrogen and oxygen atoms in total. The molecule has 0 spiro atoms. The minimum absolute atomic E-state index is 0.110. The molecule has 2 saturated heterocycles. The van der Waals surface area contributed by atoms with E-state index >= 15 is 0 Å². The normalized spacial score (nSPS) is 39.5. The standard InChI is InChI=1S/C12H13N2O5PS/c15-10-11-9(5-17-20(16,21)19-11)18-12(10)14-6-13-7-3-1-2-4-8(7)14/h1-4,6,9-12,15H,5H2,(H,16,21)/t9-,10-,11-,12-,20?/m1/s1. The van der Waals surface area contributed by atoms with Gasteiger partial charge >= 0.3 is 6.72 Å². The molecule has 9 heteroatoms. The van der Waals surface area contributed by atoms with Gasteiger partial charge in [0.15, 0.2) is 6.23 Å². The largest absolute Gasteiger partial charge is 0.386 e. The van der Waals surface area contributed by atoms with Crippen molar-refractivity contribution in [3.05, 3.63) is 30.6 Å². The lowest BCUT2D eigenvalue weighted by Gasteiger charge is -2.30. The first kappa shape index (κ1) is 13.8. The minimum atomic E-state index is -3.28. The van der Waals surface area contributed by atoms with E-state index < -0.39 is 31.3 Å². The van der Waals surface area contributed by atoms with Gasteiger partial charge in [0.1, 0.15) is 18.3 Å². The van der Waals surface area contributed by atoms with E-state index in [9.17, 15) is 10.00 Å². The Hall–Kier alpha value is -0.860. The molecule has 1 unspecified atom stereocenters. The highest BCUT2D eigenvalue weighted by Crippen LogP contribution is 2.52. The molecule has 1 aromatic heterocycles. The third-order valence-corrected chi connectivity index (χ3v) is 5.28. The molecule has 0 saturated carbocycles. The van der Waals surface area contributed by atoms with Gasteiger partial charge in [-0.05, 0) is 23.9 Å². The number of fused-ring (bicyclic) bond motifs is 2. The predicted molar refractivity (Wildman–Crippen MR) is 77.0 cm³/mol. The van der Waals surface area contributed by atoms with Crippen molar-refractivity contribution in [3.8, 4) is 0 Å². The van der Waals surface area contributed by atoms with Gasteiger partial charge in [0, 0.05) is 0 Å². The summed E-state index contributed by atoms with van der Waals surface area (Å²) in [4.78, 5) is 14.0. The molecule has 112 valence electrons. The molecule has 2 aliphatic rings. The van der Waals surface area contributed by atoms with Crippen molar-refractivity contribution in [2.45, 2.75) is 24.5 Å². The number of para-hydroxylation sites is 2. The van der Waals surface area contributed by atoms with Crippen LogP contribution in [0.25, 0.3) is 11.0 Å². The number of aromatic nitrogens is 2. The maximum Gasteiger partial charge on any atom is 0.325 e. The van der Waals surface area contributed by atoms with Gasteiger partial charge in [-0.15, -0.1) is 0 Å². The summed E-state index contributed by atoms with van der Waals surface area (Å²) in [6.07, 6.45) is -1.14. The zero-order valence-electron chi connectivity index (χ0n) is 10.8. The summed E-state index contributed by atoms with van der Waals surface area (Å²) in [6, 6.07) is 7.56. The molecule has 0 amide bonds. The fourth-order valence-electron chi connectivity index (χ4n) is 2.75. The fraction of sp³-hybridized carbons (Fsp3) is 0.417. The first-order valence-corrected chi connectivity index (χ1v) is 9.05. The lowest BCUT2D eigenvalue weighted by atomic mass is 10.1. The molecule has 2 N–H and O–H groups in total. The van der Waals surface area contributed by atoms with Crippen LogP contribution in [0.1, 0.15) is 6.23 Å². The number of aliphatic hydroxyl groups excluding tert-OH is 1. The Morgan fingerprint density at radius 2 is 2.19 bits per heavy atom. The molecule has 21 heavy (non-hydrogen) atoms. The van der Waals surface area contributed by atoms with Crippen molar-refractivity contribution >= 4 is 29.6 Å². The number of imidazole rings is 1. The van der Waals surface area contributed by atoms with E-state index in [-0.39, 0.29) is 6.61 Å². The van der Waals surface area contributed by atoms with Gasteiger partial charge in [0.2, 0.25) is 0 Å². The summed E-state index contributed by atoms with van der Waals surface area (Å²) in [5.74, 6) is 0. The molecular weight excluding hydrogens is 315 g/mol. The van der Waals surface area contributed by atoms with Crippen LogP contribution in [0.4, 0.5) is 0 Å². The molecule has 4 rings (SSSR count). The lowest BCUT2D eigenvalue weighted by Crippen LogP contribution is -2.39. The van der Waals surface area contributed by atoms with Crippen molar-refractivity contribution in [3.63, 3.8) is 0 Å². The molecule has 0 bridgehead atoms. The summed E-state index contributed by atoms with van der Waals surface area (Å²) in [5, 5.41) is 10.5. The average Bonchev–Trinajstić information content (AvgIpc) is 3.00. The summed E-state index contributed by atoms with van der Waals surface area (Å²) in [5.41, 5.74) is 1.66. The van der Waals surface area contributed by atoms with Crippen LogP contribution in [-0.4, -0.2) is 44.5 Å². The van der Waals surface area contributed by atoms with Crippen molar-refractivity contribution in [1.29, 1.82) is 0 Å². The number of aliphatic hydroxyl groups is 1. The quantitative estimate of drug-likeness (QED) is 0.753. The van der Waals surface area contributed by atoms with Gasteiger partial charge in [-0.1, -0.05) is 12.1 Å². The molecule has 2 aliphatic heterocycles. The van der Waals surface area contributed by atoms with E-state index in [4.69, 9.17) is 25.6 Å². The van der Waals surface area contributed by atoms with Crippen molar-refractivity contribution in [2.24, 2.45) is 0 Å². The number of hydrogen-bond donors (Lipinski definition) is 2. The first-order chi connectivity index (χ1) is 10.1. The zero-order chi connectivity index (χ0) is 14.6. The van der Waals surface area contributed by atoms with Crippen LogP contribution >= 0.6 is 6.72 Å². The Morgan fingerprint density at radius 3 is 3.05 bits per heavy atom. The Bertz CT molecular complexity index is 737. The maximum absolute atomic E-state index is 10.5. The molecule has 0 aliphatic carbocycles. The number of hydrogen-bond acceptors (Lipinski definition) is 6. The van der Waals surface area contributed by atoms with Gasteiger partial charge in [-0.25, -0.2) is 4.98 Å². The first-order valence-electron chi connectivity index (χ1n) is 6.46. The van der Waals surface area contributed by atoms with E-state index in [2.05, 4.69) is 4.98 Å². The van der Waals surface area contributed by atoms with Crippen molar-refractivity contribution < 1.29 is 23.8 Å². The van der Waals surface area contributed by atoms with Crippen LogP contribution in [0.5, 0.6) is 0 Å². The highest BCUT2D eigenvalue weighted by atomic mass is 32.5. The van der Waals surface area contributed by atoms with Crippen LogP contribution < -0.4 is 0 Å². The molecule has 5 atom stereocenters. The smallest absolute Gasteiger partial charge is 0.325 e. The van der Waals surface area contributed by atoms with E-state index in [0.717, 1.165) is 11.0 Å². The van der Waals surface area contributed by atoms with Gasteiger partial charge in [-0.3, -0.25) is 4.52 Å². The SMILES string of the molecule is O[C@@H]1[C@@H]2OP(O)(=S)OC[C@H]2O[C@H]1n1cnc2ccccc21. The summed E-state index contributed by atoms with van der Waals surface area (Å²) in [7, 11) is 0. The van der Waals surface area contributed by atoms with Crippen LogP contribution in [-0.2, 0) is 25.6 Å². The highest BCUT2D eigenvalue weighted by molar-refractivity contribution is 8.07. The molecule has 2 fully saturated rings. The van der Waals surface area contributed by atoms with E-state index in [0.29, 0.717) is 0 Å². The number of rotatable bonds is 1. The predicted octanol–water partition coefficient (Wildman–Crippen LogP) is 0.927. The van der Waals surface area contributed by atoms with Crippen LogP contribution in [0, 0.1) is 0 Å². The van der Waals surface area contributed by atoms with Gasteiger partial charge < -0.3 is 23.8 Å². The third kappa shape index (κ3) is 2.24. The monoisotopic (exact) mass is 328 g/mol. The second-order valence-electron chi connectivity index (χ2n) is 5.03. The van der Waals surface area contributed by atoms with Crippen LogP contribution in [0.2, 0.25) is 0 Å². The molecule has 1 aromatic carbocycles. The Morgan fingerprint density at radius 1 is 1.38 bits per heavy atom. The minimum Gasteiger partial charge on any atom is -0.386 e. The highest BCUT2D eigenvalue weighted by Gasteiger charge is 2.51. The average molecular weight is 328 g/mol. The summed E-state index contributed by atoms with van der Waals surface area (Å²) >= 11 is 4.82. The Balaban J connectivity index is 1.69. The number of ether oxygens (including phenoxy) is 1.